The Balaban J connectivity index is 3.11. The summed E-state index contributed by atoms with van der Waals surface area (Å²) in [4.78, 5) is -0.480. The van der Waals surface area contributed by atoms with E-state index in [9.17, 15) is 21.6 Å². The number of nitrogens with two attached hydrogens (primary N) is 1. The number of hydrogen-bond donors (Lipinski definition) is 1. The fraction of sp³-hybridized carbons (Fsp3) is 0.400. The van der Waals surface area contributed by atoms with E-state index in [1.165, 1.54) is 0 Å². The molecule has 0 spiro atoms. The molecule has 5 nitrogen and oxygen atoms in total. The molecule has 15 heavy (non-hydrogen) atoms. The van der Waals surface area contributed by atoms with Gasteiger partial charge >= 0.3 is 6.18 Å². The highest BCUT2D eigenvalue weighted by Gasteiger charge is 2.30. The molecular formula is C5H5BrF3N3O2S. The van der Waals surface area contributed by atoms with Gasteiger partial charge in [0, 0.05) is 0 Å². The molecule has 0 aromatic carbocycles. The molecule has 2 N–H and O–H groups in total. The Kier molecular flexibility index (Phi) is 3.12. The van der Waals surface area contributed by atoms with Crippen LogP contribution >= 0.6 is 15.9 Å². The van der Waals surface area contributed by atoms with Gasteiger partial charge in [0.25, 0.3) is 0 Å². The molecule has 0 fully saturated rings. The number of sulfonamides is 1. The van der Waals surface area contributed by atoms with E-state index in [1.807, 2.05) is 0 Å². The molecule has 1 aromatic rings. The number of aromatic nitrogens is 2. The van der Waals surface area contributed by atoms with Gasteiger partial charge in [0.1, 0.15) is 16.0 Å². The highest BCUT2D eigenvalue weighted by Crippen LogP contribution is 2.24. The van der Waals surface area contributed by atoms with Crippen LogP contribution < -0.4 is 5.14 Å². The summed E-state index contributed by atoms with van der Waals surface area (Å²) in [7, 11) is -4.07. The first-order chi connectivity index (χ1) is 6.61. The van der Waals surface area contributed by atoms with Crippen molar-refractivity contribution in [2.24, 2.45) is 5.14 Å². The van der Waals surface area contributed by atoms with Crippen LogP contribution in [0.3, 0.4) is 0 Å². The van der Waals surface area contributed by atoms with Crippen LogP contribution in [0.2, 0.25) is 0 Å². The van der Waals surface area contributed by atoms with Crippen LogP contribution in [0, 0.1) is 0 Å². The summed E-state index contributed by atoms with van der Waals surface area (Å²) in [5.41, 5.74) is 0. The second kappa shape index (κ2) is 3.76. The normalized spacial score (nSPS) is 13.1. The van der Waals surface area contributed by atoms with E-state index in [0.29, 0.717) is 4.68 Å². The quantitative estimate of drug-likeness (QED) is 0.880. The predicted molar refractivity (Wildman–Crippen MR) is 47.4 cm³/mol. The summed E-state index contributed by atoms with van der Waals surface area (Å²) in [6.45, 7) is -1.39. The van der Waals surface area contributed by atoms with Crippen molar-refractivity contribution in [2.75, 3.05) is 0 Å². The maximum atomic E-state index is 12.0. The van der Waals surface area contributed by atoms with Crippen LogP contribution in [0.25, 0.3) is 0 Å². The number of halogens is 4. The first-order valence-corrected chi connectivity index (χ1v) is 5.76. The third-order valence-electron chi connectivity index (χ3n) is 1.38. The number of nitrogens with zero attached hydrogens (tertiary/aromatic N) is 2. The second-order valence-electron chi connectivity index (χ2n) is 2.62. The molecule has 1 aromatic heterocycles. The molecule has 0 aliphatic heterocycles. The lowest BCUT2D eigenvalue weighted by atomic mass is 10.6. The van der Waals surface area contributed by atoms with E-state index >= 15 is 0 Å². The molecule has 0 bridgehead atoms. The van der Waals surface area contributed by atoms with Gasteiger partial charge in [-0.15, -0.1) is 0 Å². The highest BCUT2D eigenvalue weighted by molar-refractivity contribution is 9.10. The summed E-state index contributed by atoms with van der Waals surface area (Å²) in [5.74, 6) is 0. The van der Waals surface area contributed by atoms with E-state index in [0.717, 1.165) is 6.20 Å². The largest absolute Gasteiger partial charge is 0.408 e. The monoisotopic (exact) mass is 307 g/mol. The van der Waals surface area contributed by atoms with Crippen LogP contribution in [0.15, 0.2) is 15.7 Å². The summed E-state index contributed by atoms with van der Waals surface area (Å²) >= 11 is 2.68. The number of rotatable bonds is 2. The van der Waals surface area contributed by atoms with Crippen molar-refractivity contribution in [3.05, 3.63) is 10.8 Å². The minimum absolute atomic E-state index is 0.317. The van der Waals surface area contributed by atoms with Crippen LogP contribution in [0.5, 0.6) is 0 Å². The third kappa shape index (κ3) is 3.18. The van der Waals surface area contributed by atoms with E-state index in [4.69, 9.17) is 5.14 Å². The van der Waals surface area contributed by atoms with Gasteiger partial charge in [0.2, 0.25) is 10.0 Å². The molecular weight excluding hydrogens is 303 g/mol. The zero-order chi connectivity index (χ0) is 11.9. The van der Waals surface area contributed by atoms with Crippen molar-refractivity contribution in [3.63, 3.8) is 0 Å². The van der Waals surface area contributed by atoms with Crippen molar-refractivity contribution in [1.29, 1.82) is 0 Å². The Morgan fingerprint density at radius 3 is 2.40 bits per heavy atom. The molecule has 1 rings (SSSR count). The van der Waals surface area contributed by atoms with E-state index in [-0.39, 0.29) is 4.60 Å². The van der Waals surface area contributed by atoms with Gasteiger partial charge in [-0.05, 0) is 15.9 Å². The van der Waals surface area contributed by atoms with Crippen LogP contribution in [-0.4, -0.2) is 24.4 Å². The van der Waals surface area contributed by atoms with Gasteiger partial charge in [0.05, 0.1) is 6.20 Å². The summed E-state index contributed by atoms with van der Waals surface area (Å²) in [6, 6.07) is 0. The molecule has 0 radical (unpaired) electrons. The van der Waals surface area contributed by atoms with Crippen molar-refractivity contribution >= 4 is 26.0 Å². The van der Waals surface area contributed by atoms with Crippen LogP contribution in [-0.2, 0) is 16.6 Å². The zero-order valence-electron chi connectivity index (χ0n) is 6.99. The molecule has 86 valence electrons. The Morgan fingerprint density at radius 2 is 2.07 bits per heavy atom. The first kappa shape index (κ1) is 12.5. The maximum Gasteiger partial charge on any atom is 0.408 e. The predicted octanol–water partition coefficient (Wildman–Crippen LogP) is 0.855. The smallest absolute Gasteiger partial charge is 0.248 e. The molecule has 0 aliphatic carbocycles. The molecule has 0 aliphatic rings. The number of hydrogen-bond acceptors (Lipinski definition) is 3. The summed E-state index contributed by atoms with van der Waals surface area (Å²) in [5, 5.41) is 8.00. The van der Waals surface area contributed by atoms with Crippen LogP contribution in [0.1, 0.15) is 0 Å². The molecule has 1 heterocycles. The average Bonchev–Trinajstić information content (AvgIpc) is 2.27. The Hall–Kier alpha value is -0.610. The lowest BCUT2D eigenvalue weighted by Crippen LogP contribution is -2.19. The Bertz CT molecular complexity index is 466. The van der Waals surface area contributed by atoms with E-state index in [1.54, 1.807) is 0 Å². The van der Waals surface area contributed by atoms with Gasteiger partial charge in [-0.1, -0.05) is 0 Å². The summed E-state index contributed by atoms with van der Waals surface area (Å²) in [6.07, 6.45) is -3.73. The van der Waals surface area contributed by atoms with Gasteiger partial charge < -0.3 is 0 Å². The minimum atomic E-state index is -4.48. The fourth-order valence-corrected chi connectivity index (χ4v) is 2.35. The van der Waals surface area contributed by atoms with Crippen LogP contribution in [0.4, 0.5) is 13.2 Å². The van der Waals surface area contributed by atoms with Gasteiger partial charge in [-0.2, -0.15) is 18.3 Å². The highest BCUT2D eigenvalue weighted by atomic mass is 79.9. The first-order valence-electron chi connectivity index (χ1n) is 3.42. The topological polar surface area (TPSA) is 78.0 Å². The maximum absolute atomic E-state index is 12.0. The lowest BCUT2D eigenvalue weighted by molar-refractivity contribution is -0.143. The Morgan fingerprint density at radius 1 is 1.53 bits per heavy atom. The van der Waals surface area contributed by atoms with Crippen molar-refractivity contribution in [1.82, 2.24) is 9.78 Å². The number of primary sulfonamides is 1. The second-order valence-corrected chi connectivity index (χ2v) is 4.90. The molecule has 0 amide bonds. The van der Waals surface area contributed by atoms with Crippen molar-refractivity contribution in [2.45, 2.75) is 17.6 Å². The number of alkyl halides is 3. The molecule has 10 heteroatoms. The average molecular weight is 308 g/mol. The fourth-order valence-electron chi connectivity index (χ4n) is 0.824. The molecule has 0 atom stereocenters. The van der Waals surface area contributed by atoms with Gasteiger partial charge in [-0.25, -0.2) is 18.2 Å². The summed E-state index contributed by atoms with van der Waals surface area (Å²) < 4.78 is 57.7. The van der Waals surface area contributed by atoms with Crippen molar-refractivity contribution < 1.29 is 21.6 Å². The molecule has 0 saturated carbocycles. The third-order valence-corrected chi connectivity index (χ3v) is 3.39. The standard InChI is InChI=1S/C5H5BrF3N3O2S/c6-4-3(15(10,13)14)1-11-12(4)2-5(7,8)9/h1H,2H2,(H2,10,13,14). The molecule has 0 saturated heterocycles. The molecule has 0 unspecified atom stereocenters. The van der Waals surface area contributed by atoms with Gasteiger partial charge in [-0.3, -0.25) is 0 Å². The van der Waals surface area contributed by atoms with Crippen molar-refractivity contribution in [3.8, 4) is 0 Å². The zero-order valence-corrected chi connectivity index (χ0v) is 9.40. The SMILES string of the molecule is NS(=O)(=O)c1cnn(CC(F)(F)F)c1Br. The van der Waals surface area contributed by atoms with Gasteiger partial charge in [0.15, 0.2) is 0 Å². The minimum Gasteiger partial charge on any atom is -0.248 e. The Labute approximate surface area is 91.2 Å². The van der Waals surface area contributed by atoms with E-state index < -0.39 is 27.6 Å². The lowest BCUT2D eigenvalue weighted by Gasteiger charge is -2.07. The van der Waals surface area contributed by atoms with E-state index in [2.05, 4.69) is 21.0 Å².